The molecule has 1 N–H and O–H groups in total. The molecule has 0 aliphatic carbocycles. The smallest absolute Gasteiger partial charge is 0.439 e. The first-order valence-corrected chi connectivity index (χ1v) is 6.58. The topological polar surface area (TPSA) is 67.9 Å². The second-order valence-electron chi connectivity index (χ2n) is 3.23. The van der Waals surface area contributed by atoms with E-state index in [1.54, 1.807) is 13.8 Å². The van der Waals surface area contributed by atoms with Gasteiger partial charge >= 0.3 is 12.2 Å². The molecule has 0 heterocycles. The van der Waals surface area contributed by atoms with Crippen LogP contribution in [0.25, 0.3) is 0 Å². The molecule has 7 heteroatoms. The molecule has 1 rings (SSSR count). The summed E-state index contributed by atoms with van der Waals surface area (Å²) in [6.07, 6.45) is -1.37. The van der Waals surface area contributed by atoms with E-state index in [9.17, 15) is 9.59 Å². The Morgan fingerprint density at radius 3 is 2.37 bits per heavy atom. The maximum Gasteiger partial charge on any atom is 0.439 e. The number of carbonyl (C=O) groups is 2. The highest BCUT2D eigenvalue weighted by atomic mass is 32.2. The summed E-state index contributed by atoms with van der Waals surface area (Å²) in [6.45, 7) is 3.81. The van der Waals surface area contributed by atoms with Crippen molar-refractivity contribution in [3.63, 3.8) is 0 Å². The maximum absolute atomic E-state index is 11.7. The first kappa shape index (κ1) is 15.2. The first-order chi connectivity index (χ1) is 9.17. The highest BCUT2D eigenvalue weighted by Crippen LogP contribution is 2.21. The third-order valence-electron chi connectivity index (χ3n) is 1.84. The molecule has 1 aromatic carbocycles. The van der Waals surface area contributed by atoms with E-state index in [1.165, 1.54) is 0 Å². The van der Waals surface area contributed by atoms with E-state index in [1.807, 2.05) is 30.3 Å². The van der Waals surface area contributed by atoms with Crippen LogP contribution in [0.5, 0.6) is 0 Å². The Morgan fingerprint density at radius 1 is 1.16 bits per heavy atom. The fourth-order valence-corrected chi connectivity index (χ4v) is 1.86. The molecule has 0 fully saturated rings. The van der Waals surface area contributed by atoms with Gasteiger partial charge in [0.15, 0.2) is 0 Å². The Bertz CT molecular complexity index is 413. The molecule has 2 amide bonds. The van der Waals surface area contributed by atoms with Crippen LogP contribution in [-0.2, 0) is 9.47 Å². The van der Waals surface area contributed by atoms with Crippen LogP contribution >= 0.6 is 11.9 Å². The van der Waals surface area contributed by atoms with Crippen molar-refractivity contribution in [2.75, 3.05) is 13.2 Å². The van der Waals surface area contributed by atoms with E-state index in [0.717, 1.165) is 21.3 Å². The molecule has 0 aliphatic heterocycles. The quantitative estimate of drug-likeness (QED) is 0.680. The van der Waals surface area contributed by atoms with Crippen molar-refractivity contribution in [3.8, 4) is 0 Å². The number of nitrogens with zero attached hydrogens (tertiary/aromatic N) is 1. The van der Waals surface area contributed by atoms with E-state index < -0.39 is 12.2 Å². The summed E-state index contributed by atoms with van der Waals surface area (Å²) in [5.74, 6) is 0. The molecule has 0 unspecified atom stereocenters. The fraction of sp³-hybridized carbons (Fsp3) is 0.333. The molecule has 6 nitrogen and oxygen atoms in total. The number of hydrazine groups is 1. The van der Waals surface area contributed by atoms with Crippen molar-refractivity contribution in [2.45, 2.75) is 18.7 Å². The number of benzene rings is 1. The molecular weight excluding hydrogens is 268 g/mol. The molecule has 0 spiro atoms. The number of ether oxygens (including phenoxy) is 2. The van der Waals surface area contributed by atoms with Gasteiger partial charge in [0.1, 0.15) is 0 Å². The number of hydrogen-bond acceptors (Lipinski definition) is 5. The normalized spacial score (nSPS) is 9.58. The summed E-state index contributed by atoms with van der Waals surface area (Å²) in [5.41, 5.74) is 2.31. The van der Waals surface area contributed by atoms with E-state index in [-0.39, 0.29) is 13.2 Å². The minimum Gasteiger partial charge on any atom is -0.449 e. The lowest BCUT2D eigenvalue weighted by Crippen LogP contribution is -2.42. The van der Waals surface area contributed by atoms with Crippen molar-refractivity contribution in [3.05, 3.63) is 30.3 Å². The van der Waals surface area contributed by atoms with E-state index in [0.29, 0.717) is 0 Å². The molecule has 0 aromatic heterocycles. The van der Waals surface area contributed by atoms with Crippen molar-refractivity contribution >= 4 is 24.1 Å². The summed E-state index contributed by atoms with van der Waals surface area (Å²) in [6, 6.07) is 9.14. The van der Waals surface area contributed by atoms with E-state index in [4.69, 9.17) is 9.47 Å². The molecule has 0 atom stereocenters. The zero-order valence-corrected chi connectivity index (χ0v) is 11.6. The van der Waals surface area contributed by atoms with Gasteiger partial charge in [0.25, 0.3) is 0 Å². The van der Waals surface area contributed by atoms with Gasteiger partial charge in [-0.1, -0.05) is 18.2 Å². The highest BCUT2D eigenvalue weighted by molar-refractivity contribution is 7.97. The third-order valence-corrected chi connectivity index (χ3v) is 2.75. The second kappa shape index (κ2) is 8.25. The minimum absolute atomic E-state index is 0.217. The standard InChI is InChI=1S/C12H16N2O4S/c1-3-17-11(15)13-14(12(16)18-4-2)19-10-8-6-5-7-9-10/h5-9H,3-4H2,1-2H3,(H,13,15). The molecule has 0 saturated carbocycles. The van der Waals surface area contributed by atoms with Gasteiger partial charge in [-0.15, -0.1) is 4.41 Å². The number of amides is 2. The lowest BCUT2D eigenvalue weighted by Gasteiger charge is -2.20. The van der Waals surface area contributed by atoms with Gasteiger partial charge in [-0.2, -0.15) is 0 Å². The van der Waals surface area contributed by atoms with Gasteiger partial charge in [-0.05, 0) is 26.0 Å². The Hall–Kier alpha value is -1.89. The highest BCUT2D eigenvalue weighted by Gasteiger charge is 2.19. The monoisotopic (exact) mass is 284 g/mol. The summed E-state index contributed by atoms with van der Waals surface area (Å²) >= 11 is 1.04. The molecule has 0 bridgehead atoms. The zero-order valence-electron chi connectivity index (χ0n) is 10.8. The van der Waals surface area contributed by atoms with Crippen LogP contribution in [0.2, 0.25) is 0 Å². The van der Waals surface area contributed by atoms with Crippen LogP contribution in [-0.4, -0.2) is 29.8 Å². The molecule has 19 heavy (non-hydrogen) atoms. The average molecular weight is 284 g/mol. The number of hydrogen-bond donors (Lipinski definition) is 1. The van der Waals surface area contributed by atoms with Crippen LogP contribution in [0.4, 0.5) is 9.59 Å². The maximum atomic E-state index is 11.7. The third kappa shape index (κ3) is 5.52. The molecule has 0 aliphatic rings. The summed E-state index contributed by atoms with van der Waals surface area (Å²) in [4.78, 5) is 23.8. The predicted molar refractivity (Wildman–Crippen MR) is 71.3 cm³/mol. The number of carbonyl (C=O) groups excluding carboxylic acids is 2. The summed E-state index contributed by atoms with van der Waals surface area (Å²) < 4.78 is 10.6. The Morgan fingerprint density at radius 2 is 1.79 bits per heavy atom. The van der Waals surface area contributed by atoms with Gasteiger partial charge in [0.2, 0.25) is 0 Å². The molecule has 0 radical (unpaired) electrons. The molecule has 0 saturated heterocycles. The summed E-state index contributed by atoms with van der Waals surface area (Å²) in [5, 5.41) is 0. The van der Waals surface area contributed by atoms with Crippen molar-refractivity contribution in [1.82, 2.24) is 9.84 Å². The van der Waals surface area contributed by atoms with Crippen LogP contribution in [0.15, 0.2) is 35.2 Å². The molecule has 104 valence electrons. The first-order valence-electron chi connectivity index (χ1n) is 5.80. The van der Waals surface area contributed by atoms with Gasteiger partial charge in [-0.3, -0.25) is 0 Å². The van der Waals surface area contributed by atoms with E-state index >= 15 is 0 Å². The molecular formula is C12H16N2O4S. The van der Waals surface area contributed by atoms with Crippen molar-refractivity contribution in [1.29, 1.82) is 0 Å². The fourth-order valence-electron chi connectivity index (χ4n) is 1.12. The Labute approximate surface area is 116 Å². The minimum atomic E-state index is -0.709. The largest absolute Gasteiger partial charge is 0.449 e. The lowest BCUT2D eigenvalue weighted by molar-refractivity contribution is 0.106. The van der Waals surface area contributed by atoms with Crippen molar-refractivity contribution in [2.24, 2.45) is 0 Å². The second-order valence-corrected chi connectivity index (χ2v) is 4.25. The van der Waals surface area contributed by atoms with Crippen LogP contribution < -0.4 is 5.43 Å². The van der Waals surface area contributed by atoms with Gasteiger partial charge in [0, 0.05) is 16.8 Å². The van der Waals surface area contributed by atoms with Crippen LogP contribution in [0, 0.1) is 0 Å². The van der Waals surface area contributed by atoms with Crippen LogP contribution in [0.1, 0.15) is 13.8 Å². The number of nitrogens with one attached hydrogen (secondary N) is 1. The Kier molecular flexibility index (Phi) is 6.59. The summed E-state index contributed by atoms with van der Waals surface area (Å²) in [7, 11) is 0. The number of rotatable bonds is 4. The van der Waals surface area contributed by atoms with Gasteiger partial charge < -0.3 is 9.47 Å². The van der Waals surface area contributed by atoms with Crippen LogP contribution in [0.3, 0.4) is 0 Å². The zero-order chi connectivity index (χ0) is 14.1. The predicted octanol–water partition coefficient (Wildman–Crippen LogP) is 2.81. The SMILES string of the molecule is CCOC(=O)NN(Sc1ccccc1)C(=O)OCC. The Balaban J connectivity index is 2.69. The molecule has 1 aromatic rings. The van der Waals surface area contributed by atoms with Gasteiger partial charge in [-0.25, -0.2) is 15.0 Å². The lowest BCUT2D eigenvalue weighted by atomic mass is 10.4. The average Bonchev–Trinajstić information content (AvgIpc) is 2.40. The van der Waals surface area contributed by atoms with E-state index in [2.05, 4.69) is 5.43 Å². The van der Waals surface area contributed by atoms with Gasteiger partial charge in [0.05, 0.1) is 13.2 Å². The van der Waals surface area contributed by atoms with Crippen molar-refractivity contribution < 1.29 is 19.1 Å².